The quantitative estimate of drug-likeness (QED) is 0.147. The summed E-state index contributed by atoms with van der Waals surface area (Å²) in [5.41, 5.74) is 20.0. The Bertz CT molecular complexity index is 2910. The van der Waals surface area contributed by atoms with Gasteiger partial charge in [0.25, 0.3) is 0 Å². The summed E-state index contributed by atoms with van der Waals surface area (Å²) >= 11 is 0. The molecule has 11 rings (SSSR count). The number of anilines is 4. The highest BCUT2D eigenvalue weighted by Gasteiger charge is 2.47. The fraction of sp³-hybridized carbons (Fsp3) is 0.138. The molecule has 1 atom stereocenters. The lowest BCUT2D eigenvalue weighted by molar-refractivity contribution is 0.490. The molecule has 8 aromatic carbocycles. The third kappa shape index (κ3) is 5.50. The molecule has 1 N–H and O–H groups in total. The van der Waals surface area contributed by atoms with E-state index in [-0.39, 0.29) is 11.7 Å². The van der Waals surface area contributed by atoms with Crippen molar-refractivity contribution in [2.45, 2.75) is 43.8 Å². The topological polar surface area (TPSA) is 18.5 Å². The van der Waals surface area contributed by atoms with Crippen LogP contribution < -0.4 is 15.1 Å². The van der Waals surface area contributed by atoms with E-state index >= 15 is 0 Å². The molecule has 3 aliphatic rings. The van der Waals surface area contributed by atoms with Gasteiger partial charge in [0.05, 0.1) is 16.8 Å². The maximum atomic E-state index is 3.84. The van der Waals surface area contributed by atoms with Crippen molar-refractivity contribution in [2.75, 3.05) is 22.2 Å². The molecule has 1 unspecified atom stereocenters. The van der Waals surface area contributed by atoms with Crippen molar-refractivity contribution in [3.63, 3.8) is 0 Å². The molecule has 0 radical (unpaired) electrons. The van der Waals surface area contributed by atoms with Crippen LogP contribution in [0.1, 0.15) is 71.2 Å². The molecule has 0 saturated carbocycles. The Kier molecular flexibility index (Phi) is 8.82. The summed E-state index contributed by atoms with van der Waals surface area (Å²) in [6, 6.07) is 71.8. The predicted octanol–water partition coefficient (Wildman–Crippen LogP) is 14.3. The molecule has 61 heavy (non-hydrogen) atoms. The molecule has 296 valence electrons. The lowest BCUT2D eigenvalue weighted by Gasteiger charge is -2.37. The molecular formula is C58H49N3. The minimum atomic E-state index is -0.415. The summed E-state index contributed by atoms with van der Waals surface area (Å²) < 4.78 is 0. The number of rotatable bonds is 9. The van der Waals surface area contributed by atoms with E-state index < -0.39 is 5.41 Å². The fourth-order valence-corrected chi connectivity index (χ4v) is 11.1. The minimum absolute atomic E-state index is 0.0760. The monoisotopic (exact) mass is 787 g/mol. The summed E-state index contributed by atoms with van der Waals surface area (Å²) in [6.45, 7) is 4.73. The van der Waals surface area contributed by atoms with Crippen molar-refractivity contribution in [1.29, 1.82) is 0 Å². The van der Waals surface area contributed by atoms with Gasteiger partial charge in [-0.1, -0.05) is 184 Å². The second kappa shape index (κ2) is 14.6. The maximum Gasteiger partial charge on any atom is 0.182 e. The molecule has 3 nitrogen and oxygen atoms in total. The van der Waals surface area contributed by atoms with Crippen molar-refractivity contribution < 1.29 is 0 Å². The summed E-state index contributed by atoms with van der Waals surface area (Å²) in [4.78, 5) is 4.80. The van der Waals surface area contributed by atoms with Crippen LogP contribution in [0.25, 0.3) is 34.4 Å². The molecule has 8 aromatic rings. The summed E-state index contributed by atoms with van der Waals surface area (Å²) in [5.74, 6) is 0. The van der Waals surface area contributed by atoms with Gasteiger partial charge < -0.3 is 15.1 Å². The Morgan fingerprint density at radius 1 is 0.525 bits per heavy atom. The van der Waals surface area contributed by atoms with Gasteiger partial charge in [0.2, 0.25) is 0 Å². The van der Waals surface area contributed by atoms with Gasteiger partial charge >= 0.3 is 0 Å². The molecule has 0 aromatic heterocycles. The van der Waals surface area contributed by atoms with Crippen LogP contribution in [0.2, 0.25) is 0 Å². The molecule has 1 aliphatic heterocycles. The molecule has 0 fully saturated rings. The van der Waals surface area contributed by atoms with Gasteiger partial charge in [0.1, 0.15) is 0 Å². The number of fused-ring (bicyclic) bond motifs is 7. The van der Waals surface area contributed by atoms with E-state index in [0.717, 1.165) is 24.2 Å². The molecule has 0 spiro atoms. The largest absolute Gasteiger partial charge is 0.346 e. The zero-order valence-electron chi connectivity index (χ0n) is 35.0. The van der Waals surface area contributed by atoms with Crippen molar-refractivity contribution in [3.05, 3.63) is 239 Å². The standard InChI is InChI=1S/C58H49N3/c1-4-57(5-2)51-38-40(32-34-41-20-19-29-50-55(41)48-27-15-16-28-49(48)58(50,42-21-9-6-10-22-42)43-23-11-7-12-24-43)33-36-46(51)47-37-35-45(39-52(47)57)61(44-25-13-8-14-26-44)56-59-53-30-17-18-31-54(53)60(56)3/h6-39,56,59H,4-5H2,1-3H3/b34-32+. The van der Waals surface area contributed by atoms with E-state index in [1.807, 2.05) is 0 Å². The van der Waals surface area contributed by atoms with Crippen LogP contribution in [-0.2, 0) is 10.8 Å². The lowest BCUT2D eigenvalue weighted by Crippen LogP contribution is -2.46. The fourth-order valence-electron chi connectivity index (χ4n) is 11.1. The SMILES string of the molecule is CCC1(CC)c2cc(/C=C/c3cccc4c3-c3ccccc3C4(c3ccccc3)c3ccccc3)ccc2-c2ccc(N(c3ccccc3)C3Nc4ccccc4N3C)cc21. The van der Waals surface area contributed by atoms with Crippen LogP contribution in [0, 0.1) is 0 Å². The number of para-hydroxylation sites is 3. The zero-order chi connectivity index (χ0) is 41.1. The molecule has 2 aliphatic carbocycles. The number of hydrogen-bond donors (Lipinski definition) is 1. The Balaban J connectivity index is 0.995. The first kappa shape index (κ1) is 36.9. The molecular weight excluding hydrogens is 739 g/mol. The van der Waals surface area contributed by atoms with Crippen LogP contribution in [-0.4, -0.2) is 13.3 Å². The molecule has 0 bridgehead atoms. The highest BCUT2D eigenvalue weighted by atomic mass is 15.5. The second-order valence-electron chi connectivity index (χ2n) is 16.8. The zero-order valence-corrected chi connectivity index (χ0v) is 35.0. The Labute approximate surface area is 360 Å². The van der Waals surface area contributed by atoms with Crippen LogP contribution in [0.4, 0.5) is 22.7 Å². The predicted molar refractivity (Wildman–Crippen MR) is 257 cm³/mol. The van der Waals surface area contributed by atoms with Gasteiger partial charge in [-0.3, -0.25) is 0 Å². The van der Waals surface area contributed by atoms with E-state index in [9.17, 15) is 0 Å². The minimum Gasteiger partial charge on any atom is -0.346 e. The Morgan fingerprint density at radius 3 is 1.84 bits per heavy atom. The van der Waals surface area contributed by atoms with Gasteiger partial charge in [-0.15, -0.1) is 0 Å². The van der Waals surface area contributed by atoms with E-state index in [2.05, 4.69) is 242 Å². The van der Waals surface area contributed by atoms with Gasteiger partial charge in [-0.05, 0) is 116 Å². The van der Waals surface area contributed by atoms with Crippen LogP contribution in [0.5, 0.6) is 0 Å². The maximum absolute atomic E-state index is 3.84. The van der Waals surface area contributed by atoms with Crippen molar-refractivity contribution in [3.8, 4) is 22.3 Å². The Morgan fingerprint density at radius 2 is 1.13 bits per heavy atom. The van der Waals surface area contributed by atoms with Crippen LogP contribution >= 0.6 is 0 Å². The van der Waals surface area contributed by atoms with Gasteiger partial charge in [-0.25, -0.2) is 0 Å². The van der Waals surface area contributed by atoms with Gasteiger partial charge in [0, 0.05) is 23.8 Å². The molecule has 0 saturated heterocycles. The summed E-state index contributed by atoms with van der Waals surface area (Å²) in [5, 5.41) is 3.84. The summed E-state index contributed by atoms with van der Waals surface area (Å²) in [6.07, 6.45) is 6.65. The van der Waals surface area contributed by atoms with Crippen LogP contribution in [0.3, 0.4) is 0 Å². The molecule has 3 heteroatoms. The Hall–Kier alpha value is -7.10. The summed E-state index contributed by atoms with van der Waals surface area (Å²) in [7, 11) is 2.19. The van der Waals surface area contributed by atoms with Crippen molar-refractivity contribution in [1.82, 2.24) is 0 Å². The van der Waals surface area contributed by atoms with Crippen molar-refractivity contribution >= 4 is 34.9 Å². The van der Waals surface area contributed by atoms with E-state index in [1.165, 1.54) is 78.1 Å². The van der Waals surface area contributed by atoms with E-state index in [0.29, 0.717) is 0 Å². The van der Waals surface area contributed by atoms with Crippen LogP contribution in [0.15, 0.2) is 194 Å². The highest BCUT2D eigenvalue weighted by molar-refractivity contribution is 5.93. The normalized spacial score (nSPS) is 16.0. The van der Waals surface area contributed by atoms with E-state index in [1.54, 1.807) is 0 Å². The van der Waals surface area contributed by atoms with Gasteiger partial charge in [0.15, 0.2) is 6.29 Å². The third-order valence-corrected chi connectivity index (χ3v) is 14.0. The first-order valence-electron chi connectivity index (χ1n) is 21.8. The van der Waals surface area contributed by atoms with Gasteiger partial charge in [-0.2, -0.15) is 0 Å². The van der Waals surface area contributed by atoms with Crippen molar-refractivity contribution in [2.24, 2.45) is 0 Å². The number of nitrogens with one attached hydrogen (secondary N) is 1. The second-order valence-corrected chi connectivity index (χ2v) is 16.8. The highest BCUT2D eigenvalue weighted by Crippen LogP contribution is 2.58. The first-order chi connectivity index (χ1) is 30.1. The number of nitrogens with zero attached hydrogens (tertiary/aromatic N) is 2. The lowest BCUT2D eigenvalue weighted by atomic mass is 9.67. The number of hydrogen-bond acceptors (Lipinski definition) is 3. The number of benzene rings is 8. The average molecular weight is 788 g/mol. The molecule has 0 amide bonds. The van der Waals surface area contributed by atoms with E-state index in [4.69, 9.17) is 0 Å². The average Bonchev–Trinajstić information content (AvgIpc) is 3.92. The smallest absolute Gasteiger partial charge is 0.182 e. The molecule has 1 heterocycles. The third-order valence-electron chi connectivity index (χ3n) is 14.0. The first-order valence-corrected chi connectivity index (χ1v) is 21.8.